The molecular weight excluding hydrogens is 530 g/mol. The lowest BCUT2D eigenvalue weighted by Crippen LogP contribution is -2.32. The second-order valence-corrected chi connectivity index (χ2v) is 10.1. The second-order valence-electron chi connectivity index (χ2n) is 9.67. The minimum absolute atomic E-state index is 0.0398. The average Bonchev–Trinajstić information content (AvgIpc) is 3.35. The zero-order valence-corrected chi connectivity index (χ0v) is 23.1. The number of hydrogen-bond acceptors (Lipinski definition) is 6. The van der Waals surface area contributed by atoms with Crippen molar-refractivity contribution in [3.05, 3.63) is 104 Å². The van der Waals surface area contributed by atoms with Gasteiger partial charge in [-0.2, -0.15) is 5.10 Å². The number of fused-ring (bicyclic) bond motifs is 1. The van der Waals surface area contributed by atoms with Crippen molar-refractivity contribution >= 4 is 35.0 Å². The fraction of sp³-hybridized carbons (Fsp3) is 0.290. The van der Waals surface area contributed by atoms with Gasteiger partial charge in [0.1, 0.15) is 11.5 Å². The first-order valence-electron chi connectivity index (χ1n) is 13.4. The van der Waals surface area contributed by atoms with Gasteiger partial charge in [-0.25, -0.2) is 5.01 Å². The van der Waals surface area contributed by atoms with Crippen LogP contribution >= 0.6 is 11.6 Å². The van der Waals surface area contributed by atoms with E-state index < -0.39 is 16.9 Å². The van der Waals surface area contributed by atoms with Gasteiger partial charge < -0.3 is 9.47 Å². The molecule has 0 N–H and O–H groups in total. The fourth-order valence-electron chi connectivity index (χ4n) is 5.37. The number of nitro benzene ring substituents is 1. The van der Waals surface area contributed by atoms with Crippen LogP contribution in [0.4, 0.5) is 5.69 Å². The maximum atomic E-state index is 14.0. The highest BCUT2D eigenvalue weighted by Gasteiger charge is 2.44. The quantitative estimate of drug-likeness (QED) is 0.210. The molecule has 40 heavy (non-hydrogen) atoms. The number of nitrogens with zero attached hydrogens (tertiary/aromatic N) is 3. The van der Waals surface area contributed by atoms with Gasteiger partial charge in [0.05, 0.1) is 40.5 Å². The van der Waals surface area contributed by atoms with Crippen LogP contribution in [0.25, 0.3) is 6.08 Å². The molecule has 9 heteroatoms. The predicted molar refractivity (Wildman–Crippen MR) is 155 cm³/mol. The summed E-state index contributed by atoms with van der Waals surface area (Å²) in [6.45, 7) is 5.03. The number of rotatable bonds is 8. The van der Waals surface area contributed by atoms with E-state index in [0.717, 1.165) is 53.2 Å². The smallest absolute Gasteiger partial charge is 0.276 e. The van der Waals surface area contributed by atoms with Gasteiger partial charge in [-0.05, 0) is 86.2 Å². The van der Waals surface area contributed by atoms with Gasteiger partial charge in [0.2, 0.25) is 0 Å². The number of non-ortho nitro benzene ring substituents is 1. The Kier molecular flexibility index (Phi) is 8.16. The molecule has 3 aromatic carbocycles. The zero-order valence-electron chi connectivity index (χ0n) is 22.4. The summed E-state index contributed by atoms with van der Waals surface area (Å²) in [5.41, 5.74) is 3.69. The molecule has 0 radical (unpaired) electrons. The van der Waals surface area contributed by atoms with Crippen LogP contribution in [0.15, 0.2) is 77.4 Å². The van der Waals surface area contributed by atoms with Crippen LogP contribution in [0.1, 0.15) is 60.6 Å². The van der Waals surface area contributed by atoms with Crippen LogP contribution in [-0.2, 0) is 0 Å². The standard InChI is InChI=1S/C31H30ClN3O5/c1-3-39-24-13-8-20(9-14-24)18-22-6-5-7-26-29(22)33-34(30(26)21-10-15-25(16-11-21)40-4-2)31(36)27-19-23(35(37)38)12-17-28(27)32/h8-19,26,30H,3-7H2,1-2H3/b22-18-/t26-,30-/m1/s1. The van der Waals surface area contributed by atoms with Crippen LogP contribution in [0.2, 0.25) is 5.02 Å². The van der Waals surface area contributed by atoms with E-state index in [4.69, 9.17) is 26.2 Å². The molecular formula is C31H30ClN3O5. The lowest BCUT2D eigenvalue weighted by Gasteiger charge is -2.30. The fourth-order valence-corrected chi connectivity index (χ4v) is 5.57. The van der Waals surface area contributed by atoms with Crippen molar-refractivity contribution in [2.24, 2.45) is 11.0 Å². The highest BCUT2D eigenvalue weighted by atomic mass is 35.5. The average molecular weight is 560 g/mol. The normalized spacial score (nSPS) is 19.2. The maximum Gasteiger partial charge on any atom is 0.276 e. The van der Waals surface area contributed by atoms with Gasteiger partial charge >= 0.3 is 0 Å². The molecule has 1 saturated carbocycles. The van der Waals surface area contributed by atoms with E-state index >= 15 is 0 Å². The predicted octanol–water partition coefficient (Wildman–Crippen LogP) is 7.48. The molecule has 1 aliphatic heterocycles. The number of carbonyl (C=O) groups excluding carboxylic acids is 1. The van der Waals surface area contributed by atoms with Crippen LogP contribution in [0.5, 0.6) is 11.5 Å². The molecule has 0 aromatic heterocycles. The van der Waals surface area contributed by atoms with Gasteiger partial charge in [-0.15, -0.1) is 0 Å². The monoisotopic (exact) mass is 559 g/mol. The molecule has 0 saturated heterocycles. The Morgan fingerprint density at radius 2 is 1.70 bits per heavy atom. The molecule has 1 aliphatic carbocycles. The molecule has 1 amide bonds. The Balaban J connectivity index is 1.56. The second kappa shape index (κ2) is 11.9. The maximum absolute atomic E-state index is 14.0. The third kappa shape index (κ3) is 5.58. The Morgan fingerprint density at radius 3 is 2.33 bits per heavy atom. The van der Waals surface area contributed by atoms with Crippen molar-refractivity contribution in [3.8, 4) is 11.5 Å². The number of amides is 1. The van der Waals surface area contributed by atoms with Crippen molar-refractivity contribution in [2.45, 2.75) is 39.2 Å². The third-order valence-corrected chi connectivity index (χ3v) is 7.50. The molecule has 2 aliphatic rings. The van der Waals surface area contributed by atoms with Crippen molar-refractivity contribution in [2.75, 3.05) is 13.2 Å². The number of nitro groups is 1. The Labute approximate surface area is 238 Å². The molecule has 8 nitrogen and oxygen atoms in total. The van der Waals surface area contributed by atoms with Gasteiger partial charge in [0.25, 0.3) is 11.6 Å². The van der Waals surface area contributed by atoms with Crippen molar-refractivity contribution in [1.82, 2.24) is 5.01 Å². The van der Waals surface area contributed by atoms with E-state index in [1.54, 1.807) is 0 Å². The van der Waals surface area contributed by atoms with E-state index in [1.165, 1.54) is 23.2 Å². The summed E-state index contributed by atoms with van der Waals surface area (Å²) in [5.74, 6) is 1.03. The molecule has 0 unspecified atom stereocenters. The van der Waals surface area contributed by atoms with Crippen LogP contribution < -0.4 is 9.47 Å². The molecule has 1 heterocycles. The zero-order chi connectivity index (χ0) is 28.2. The number of hydrogen-bond donors (Lipinski definition) is 0. The summed E-state index contributed by atoms with van der Waals surface area (Å²) in [7, 11) is 0. The highest BCUT2D eigenvalue weighted by molar-refractivity contribution is 6.34. The van der Waals surface area contributed by atoms with Crippen molar-refractivity contribution in [3.63, 3.8) is 0 Å². The lowest BCUT2D eigenvalue weighted by molar-refractivity contribution is -0.384. The molecule has 0 bridgehead atoms. The molecule has 5 rings (SSSR count). The van der Waals surface area contributed by atoms with Crippen LogP contribution in [0.3, 0.4) is 0 Å². The number of halogens is 1. The SMILES string of the molecule is CCOc1ccc(/C=C2/CCC[C@@H]3C2=NN(C(=O)c2cc([N+](=O)[O-])ccc2Cl)[C@@H]3c2ccc(OCC)cc2)cc1. The summed E-state index contributed by atoms with van der Waals surface area (Å²) in [5, 5.41) is 17.9. The molecule has 206 valence electrons. The summed E-state index contributed by atoms with van der Waals surface area (Å²) >= 11 is 6.39. The van der Waals surface area contributed by atoms with E-state index in [9.17, 15) is 14.9 Å². The van der Waals surface area contributed by atoms with Gasteiger partial charge in [-0.3, -0.25) is 14.9 Å². The first kappa shape index (κ1) is 27.4. The first-order valence-corrected chi connectivity index (χ1v) is 13.8. The van der Waals surface area contributed by atoms with E-state index in [2.05, 4.69) is 6.08 Å². The summed E-state index contributed by atoms with van der Waals surface area (Å²) in [6, 6.07) is 19.1. The van der Waals surface area contributed by atoms with Crippen molar-refractivity contribution in [1.29, 1.82) is 0 Å². The number of hydrazone groups is 1. The highest BCUT2D eigenvalue weighted by Crippen LogP contribution is 2.45. The largest absolute Gasteiger partial charge is 0.494 e. The molecule has 1 fully saturated rings. The molecule has 2 atom stereocenters. The number of ether oxygens (including phenoxy) is 2. The van der Waals surface area contributed by atoms with Crippen molar-refractivity contribution < 1.29 is 19.2 Å². The Morgan fingerprint density at radius 1 is 1.05 bits per heavy atom. The lowest BCUT2D eigenvalue weighted by atomic mass is 9.77. The molecule has 0 spiro atoms. The Bertz CT molecular complexity index is 1470. The number of carbonyl (C=O) groups is 1. The number of allylic oxidation sites excluding steroid dienone is 1. The number of benzene rings is 3. The van der Waals surface area contributed by atoms with Gasteiger partial charge in [-0.1, -0.05) is 35.9 Å². The minimum atomic E-state index is -0.537. The van der Waals surface area contributed by atoms with Gasteiger partial charge in [0, 0.05) is 18.1 Å². The van der Waals surface area contributed by atoms with Crippen LogP contribution in [0, 0.1) is 16.0 Å². The first-order chi connectivity index (χ1) is 19.4. The van der Waals surface area contributed by atoms with Crippen LogP contribution in [-0.4, -0.2) is 34.8 Å². The Hall–Kier alpha value is -4.17. The summed E-state index contributed by atoms with van der Waals surface area (Å²) in [6.07, 6.45) is 4.74. The van der Waals surface area contributed by atoms with E-state index in [1.807, 2.05) is 62.4 Å². The summed E-state index contributed by atoms with van der Waals surface area (Å²) < 4.78 is 11.2. The third-order valence-electron chi connectivity index (χ3n) is 7.17. The minimum Gasteiger partial charge on any atom is -0.494 e. The molecule has 3 aromatic rings. The van der Waals surface area contributed by atoms with E-state index in [-0.39, 0.29) is 22.2 Å². The summed E-state index contributed by atoms with van der Waals surface area (Å²) in [4.78, 5) is 24.9. The topological polar surface area (TPSA) is 94.3 Å². The van der Waals surface area contributed by atoms with E-state index in [0.29, 0.717) is 13.2 Å². The van der Waals surface area contributed by atoms with Gasteiger partial charge in [0.15, 0.2) is 0 Å².